The lowest BCUT2D eigenvalue weighted by molar-refractivity contribution is 0.559. The van der Waals surface area contributed by atoms with Gasteiger partial charge in [0.05, 0.1) is 4.90 Å². The summed E-state index contributed by atoms with van der Waals surface area (Å²) in [6.07, 6.45) is 2.04. The zero-order valence-corrected chi connectivity index (χ0v) is 12.4. The Bertz CT molecular complexity index is 481. The molecular weight excluding hydrogens is 262 g/mol. The number of anilines is 1. The van der Waals surface area contributed by atoms with E-state index in [4.69, 9.17) is 10.9 Å². The maximum Gasteiger partial charge on any atom is 0.238 e. The summed E-state index contributed by atoms with van der Waals surface area (Å²) >= 11 is 0. The molecule has 0 amide bonds. The standard InChI is InChI=1S/C13H23N3O2S/c1-3-11(4-2)16(10-9-14)12-5-7-13(8-6-12)19(15,17)18/h5-8,11H,3-4,9-10,14H2,1-2H3,(H2,15,17,18). The van der Waals surface area contributed by atoms with E-state index in [2.05, 4.69) is 18.7 Å². The summed E-state index contributed by atoms with van der Waals surface area (Å²) in [6.45, 7) is 5.58. The zero-order chi connectivity index (χ0) is 14.5. The summed E-state index contributed by atoms with van der Waals surface area (Å²) in [4.78, 5) is 2.35. The number of benzene rings is 1. The minimum absolute atomic E-state index is 0.133. The van der Waals surface area contributed by atoms with Gasteiger partial charge in [-0.3, -0.25) is 0 Å². The highest BCUT2D eigenvalue weighted by Gasteiger charge is 2.16. The first-order chi connectivity index (χ1) is 8.93. The Labute approximate surface area is 115 Å². The highest BCUT2D eigenvalue weighted by Crippen LogP contribution is 2.21. The summed E-state index contributed by atoms with van der Waals surface area (Å²) in [5, 5.41) is 5.09. The lowest BCUT2D eigenvalue weighted by Gasteiger charge is -2.32. The van der Waals surface area contributed by atoms with Gasteiger partial charge in [-0.1, -0.05) is 13.8 Å². The molecule has 0 saturated carbocycles. The predicted molar refractivity (Wildman–Crippen MR) is 78.6 cm³/mol. The summed E-state index contributed by atoms with van der Waals surface area (Å²) in [5.41, 5.74) is 6.63. The molecule has 5 nitrogen and oxygen atoms in total. The predicted octanol–water partition coefficient (Wildman–Crippen LogP) is 1.29. The highest BCUT2D eigenvalue weighted by molar-refractivity contribution is 7.89. The van der Waals surface area contributed by atoms with Gasteiger partial charge in [0.25, 0.3) is 0 Å². The lowest BCUT2D eigenvalue weighted by atomic mass is 10.1. The van der Waals surface area contributed by atoms with E-state index < -0.39 is 10.0 Å². The number of rotatable bonds is 7. The summed E-state index contributed by atoms with van der Waals surface area (Å²) in [5.74, 6) is 0. The van der Waals surface area contributed by atoms with E-state index in [1.165, 1.54) is 12.1 Å². The molecule has 0 bridgehead atoms. The van der Waals surface area contributed by atoms with Crippen molar-refractivity contribution in [2.24, 2.45) is 10.9 Å². The van der Waals surface area contributed by atoms with Crippen LogP contribution >= 0.6 is 0 Å². The molecule has 0 atom stereocenters. The van der Waals surface area contributed by atoms with Crippen LogP contribution in [0.1, 0.15) is 26.7 Å². The molecule has 0 aliphatic rings. The van der Waals surface area contributed by atoms with Crippen molar-refractivity contribution in [1.29, 1.82) is 0 Å². The van der Waals surface area contributed by atoms with Gasteiger partial charge in [-0.05, 0) is 37.1 Å². The van der Waals surface area contributed by atoms with Gasteiger partial charge in [0.15, 0.2) is 0 Å². The maximum atomic E-state index is 11.2. The second kappa shape index (κ2) is 6.88. The molecule has 0 radical (unpaired) electrons. The largest absolute Gasteiger partial charge is 0.367 e. The number of hydrogen-bond acceptors (Lipinski definition) is 4. The van der Waals surface area contributed by atoms with Crippen molar-refractivity contribution in [3.63, 3.8) is 0 Å². The fourth-order valence-corrected chi connectivity index (χ4v) is 2.73. The van der Waals surface area contributed by atoms with Gasteiger partial charge in [0.2, 0.25) is 10.0 Å². The van der Waals surface area contributed by atoms with Crippen molar-refractivity contribution in [1.82, 2.24) is 0 Å². The van der Waals surface area contributed by atoms with Crippen molar-refractivity contribution in [2.75, 3.05) is 18.0 Å². The Balaban J connectivity index is 3.04. The molecule has 0 heterocycles. The number of nitrogens with two attached hydrogens (primary N) is 2. The fourth-order valence-electron chi connectivity index (χ4n) is 2.22. The molecule has 1 aromatic carbocycles. The molecule has 0 fully saturated rings. The third-order valence-corrected chi connectivity index (χ3v) is 4.18. The van der Waals surface area contributed by atoms with Gasteiger partial charge >= 0.3 is 0 Å². The number of primary sulfonamides is 1. The van der Waals surface area contributed by atoms with Crippen molar-refractivity contribution in [3.8, 4) is 0 Å². The first-order valence-corrected chi connectivity index (χ1v) is 8.08. The van der Waals surface area contributed by atoms with E-state index in [9.17, 15) is 8.42 Å². The van der Waals surface area contributed by atoms with Crippen LogP contribution in [-0.4, -0.2) is 27.5 Å². The van der Waals surface area contributed by atoms with E-state index in [1.54, 1.807) is 12.1 Å². The molecule has 0 aromatic heterocycles. The molecule has 19 heavy (non-hydrogen) atoms. The van der Waals surface area contributed by atoms with Gasteiger partial charge in [-0.2, -0.15) is 0 Å². The van der Waals surface area contributed by atoms with Crippen LogP contribution < -0.4 is 15.8 Å². The molecule has 1 aromatic rings. The van der Waals surface area contributed by atoms with E-state index in [-0.39, 0.29) is 4.90 Å². The Morgan fingerprint density at radius 1 is 1.16 bits per heavy atom. The third-order valence-electron chi connectivity index (χ3n) is 3.25. The minimum Gasteiger partial charge on any atom is -0.367 e. The van der Waals surface area contributed by atoms with Gasteiger partial charge in [0, 0.05) is 24.8 Å². The molecular formula is C13H23N3O2S. The van der Waals surface area contributed by atoms with E-state index in [1.807, 2.05) is 0 Å². The third kappa shape index (κ3) is 4.19. The Morgan fingerprint density at radius 3 is 2.05 bits per heavy atom. The molecule has 0 unspecified atom stereocenters. The van der Waals surface area contributed by atoms with Crippen molar-refractivity contribution in [2.45, 2.75) is 37.6 Å². The molecule has 0 spiro atoms. The Hall–Kier alpha value is -1.11. The first-order valence-electron chi connectivity index (χ1n) is 6.53. The molecule has 1 rings (SSSR count). The Morgan fingerprint density at radius 2 is 1.68 bits per heavy atom. The van der Waals surface area contributed by atoms with Gasteiger partial charge < -0.3 is 10.6 Å². The summed E-state index contributed by atoms with van der Waals surface area (Å²) in [7, 11) is -3.63. The second-order valence-corrected chi connectivity index (χ2v) is 6.05. The van der Waals surface area contributed by atoms with Crippen LogP contribution in [0.5, 0.6) is 0 Å². The van der Waals surface area contributed by atoms with Crippen molar-refractivity contribution >= 4 is 15.7 Å². The smallest absolute Gasteiger partial charge is 0.238 e. The van der Waals surface area contributed by atoms with Crippen LogP contribution in [0.2, 0.25) is 0 Å². The zero-order valence-electron chi connectivity index (χ0n) is 11.5. The Kier molecular flexibility index (Phi) is 5.78. The molecule has 108 valence electrons. The van der Waals surface area contributed by atoms with Crippen LogP contribution in [0.3, 0.4) is 0 Å². The SMILES string of the molecule is CCC(CC)N(CCN)c1ccc(S(N)(=O)=O)cc1. The molecule has 6 heteroatoms. The van der Waals surface area contributed by atoms with Crippen molar-refractivity contribution < 1.29 is 8.42 Å². The number of hydrogen-bond donors (Lipinski definition) is 2. The van der Waals surface area contributed by atoms with Crippen LogP contribution in [0.4, 0.5) is 5.69 Å². The molecule has 4 N–H and O–H groups in total. The summed E-state index contributed by atoms with van der Waals surface area (Å²) < 4.78 is 22.5. The van der Waals surface area contributed by atoms with E-state index in [0.717, 1.165) is 25.1 Å². The number of nitrogens with zero attached hydrogens (tertiary/aromatic N) is 1. The molecule has 0 aliphatic carbocycles. The summed E-state index contributed by atoms with van der Waals surface area (Å²) in [6, 6.07) is 7.05. The van der Waals surface area contributed by atoms with Crippen LogP contribution in [-0.2, 0) is 10.0 Å². The topological polar surface area (TPSA) is 89.4 Å². The minimum atomic E-state index is -3.63. The van der Waals surface area contributed by atoms with Crippen LogP contribution in [0.25, 0.3) is 0 Å². The fraction of sp³-hybridized carbons (Fsp3) is 0.538. The van der Waals surface area contributed by atoms with E-state index >= 15 is 0 Å². The second-order valence-electron chi connectivity index (χ2n) is 4.49. The average molecular weight is 285 g/mol. The lowest BCUT2D eigenvalue weighted by Crippen LogP contribution is -2.38. The number of sulfonamides is 1. The van der Waals surface area contributed by atoms with Crippen LogP contribution in [0.15, 0.2) is 29.2 Å². The first kappa shape index (κ1) is 15.9. The maximum absolute atomic E-state index is 11.2. The average Bonchev–Trinajstić information content (AvgIpc) is 2.38. The monoisotopic (exact) mass is 285 g/mol. The normalized spacial score (nSPS) is 11.8. The van der Waals surface area contributed by atoms with Gasteiger partial charge in [0.1, 0.15) is 0 Å². The van der Waals surface area contributed by atoms with E-state index in [0.29, 0.717) is 12.6 Å². The highest BCUT2D eigenvalue weighted by atomic mass is 32.2. The van der Waals surface area contributed by atoms with Crippen molar-refractivity contribution in [3.05, 3.63) is 24.3 Å². The van der Waals surface area contributed by atoms with Crippen LogP contribution in [0, 0.1) is 0 Å². The quantitative estimate of drug-likeness (QED) is 0.790. The van der Waals surface area contributed by atoms with Gasteiger partial charge in [-0.25, -0.2) is 13.6 Å². The molecule has 0 aliphatic heterocycles. The molecule has 0 saturated heterocycles. The van der Waals surface area contributed by atoms with Gasteiger partial charge in [-0.15, -0.1) is 0 Å².